The Balaban J connectivity index is 1.53. The summed E-state index contributed by atoms with van der Waals surface area (Å²) < 4.78 is 0. The minimum absolute atomic E-state index is 0.171. The highest BCUT2D eigenvalue weighted by Gasteiger charge is 2.41. The Kier molecular flexibility index (Phi) is 6.29. The van der Waals surface area contributed by atoms with Crippen molar-refractivity contribution in [1.29, 1.82) is 0 Å². The van der Waals surface area contributed by atoms with E-state index in [4.69, 9.17) is 0 Å². The Morgan fingerprint density at radius 3 is 2.78 bits per heavy atom. The van der Waals surface area contributed by atoms with E-state index in [1.807, 2.05) is 0 Å². The molecule has 1 aromatic carbocycles. The number of aliphatic hydroxyl groups is 1. The number of H-pyrrole nitrogens is 1. The summed E-state index contributed by atoms with van der Waals surface area (Å²) in [6.45, 7) is 6.55. The number of amides is 1. The van der Waals surface area contributed by atoms with Gasteiger partial charge in [-0.3, -0.25) is 4.79 Å². The van der Waals surface area contributed by atoms with Crippen molar-refractivity contribution in [3.05, 3.63) is 53.6 Å². The lowest BCUT2D eigenvalue weighted by Crippen LogP contribution is -2.57. The summed E-state index contributed by atoms with van der Waals surface area (Å²) in [5.74, 6) is 0.323. The van der Waals surface area contributed by atoms with Gasteiger partial charge in [-0.1, -0.05) is 38.1 Å². The monoisotopic (exact) mass is 370 g/mol. The van der Waals surface area contributed by atoms with Crippen LogP contribution in [0.3, 0.4) is 0 Å². The molecule has 1 fully saturated rings. The molecule has 3 rings (SSSR count). The standard InChI is InChI=1S/C21H30N4O2/c1-16(2)18-6-4-17(5-7-18)13-25-11-3-9-21(27,20(25)26)14-22-10-8-19-12-23-15-24-19/h4-7,12,15-16,22,27H,3,8-11,13-14H2,1-2H3,(H,23,24). The molecule has 1 aliphatic rings. The van der Waals surface area contributed by atoms with Gasteiger partial charge in [0.05, 0.1) is 6.33 Å². The average Bonchev–Trinajstić information content (AvgIpc) is 3.17. The summed E-state index contributed by atoms with van der Waals surface area (Å²) in [6, 6.07) is 8.41. The van der Waals surface area contributed by atoms with Crippen LogP contribution in [0.2, 0.25) is 0 Å². The molecule has 0 bridgehead atoms. The zero-order valence-corrected chi connectivity index (χ0v) is 16.2. The number of imidazole rings is 1. The number of piperidine rings is 1. The number of rotatable bonds is 8. The number of benzene rings is 1. The van der Waals surface area contributed by atoms with Crippen LogP contribution >= 0.6 is 0 Å². The van der Waals surface area contributed by atoms with Crippen molar-refractivity contribution in [2.75, 3.05) is 19.6 Å². The first-order valence-electron chi connectivity index (χ1n) is 9.76. The number of carbonyl (C=O) groups excluding carboxylic acids is 1. The fourth-order valence-corrected chi connectivity index (χ4v) is 3.55. The molecular weight excluding hydrogens is 340 g/mol. The van der Waals surface area contributed by atoms with Crippen LogP contribution in [0.5, 0.6) is 0 Å². The van der Waals surface area contributed by atoms with Gasteiger partial charge in [0.15, 0.2) is 5.60 Å². The van der Waals surface area contributed by atoms with Gasteiger partial charge in [-0.05, 0) is 29.9 Å². The fourth-order valence-electron chi connectivity index (χ4n) is 3.55. The maximum atomic E-state index is 12.9. The van der Waals surface area contributed by atoms with Gasteiger partial charge in [0.25, 0.3) is 5.91 Å². The maximum absolute atomic E-state index is 12.9. The molecule has 0 spiro atoms. The zero-order chi connectivity index (χ0) is 19.3. The summed E-state index contributed by atoms with van der Waals surface area (Å²) >= 11 is 0. The first kappa shape index (κ1) is 19.6. The second-order valence-electron chi connectivity index (χ2n) is 7.76. The van der Waals surface area contributed by atoms with E-state index in [-0.39, 0.29) is 12.5 Å². The van der Waals surface area contributed by atoms with Gasteiger partial charge < -0.3 is 20.3 Å². The van der Waals surface area contributed by atoms with E-state index >= 15 is 0 Å². The van der Waals surface area contributed by atoms with Crippen molar-refractivity contribution in [3.8, 4) is 0 Å². The first-order chi connectivity index (χ1) is 13.0. The minimum Gasteiger partial charge on any atom is -0.379 e. The Morgan fingerprint density at radius 1 is 1.33 bits per heavy atom. The normalized spacial score (nSPS) is 20.4. The smallest absolute Gasteiger partial charge is 0.256 e. The van der Waals surface area contributed by atoms with Crippen LogP contribution < -0.4 is 5.32 Å². The largest absolute Gasteiger partial charge is 0.379 e. The number of likely N-dealkylation sites (tertiary alicyclic amines) is 1. The van der Waals surface area contributed by atoms with Crippen LogP contribution in [0.15, 0.2) is 36.8 Å². The molecule has 3 N–H and O–H groups in total. The van der Waals surface area contributed by atoms with Crippen molar-refractivity contribution < 1.29 is 9.90 Å². The molecule has 0 aliphatic carbocycles. The van der Waals surface area contributed by atoms with Gasteiger partial charge >= 0.3 is 0 Å². The van der Waals surface area contributed by atoms with Crippen molar-refractivity contribution in [2.24, 2.45) is 0 Å². The predicted molar refractivity (Wildman–Crippen MR) is 105 cm³/mol. The molecule has 1 amide bonds. The molecule has 146 valence electrons. The van der Waals surface area contributed by atoms with Crippen LogP contribution in [0.1, 0.15) is 49.4 Å². The highest BCUT2D eigenvalue weighted by molar-refractivity contribution is 5.86. The van der Waals surface area contributed by atoms with Gasteiger partial charge in [-0.15, -0.1) is 0 Å². The summed E-state index contributed by atoms with van der Waals surface area (Å²) in [5, 5.41) is 14.1. The van der Waals surface area contributed by atoms with Crippen LogP contribution in [0.4, 0.5) is 0 Å². The molecule has 6 nitrogen and oxygen atoms in total. The lowest BCUT2D eigenvalue weighted by Gasteiger charge is -2.38. The Labute approximate surface area is 161 Å². The molecule has 2 heterocycles. The topological polar surface area (TPSA) is 81.2 Å². The molecule has 2 aromatic rings. The van der Waals surface area contributed by atoms with Crippen LogP contribution in [0, 0.1) is 0 Å². The molecule has 6 heteroatoms. The quantitative estimate of drug-likeness (QED) is 0.623. The molecule has 1 aliphatic heterocycles. The third-order valence-corrected chi connectivity index (χ3v) is 5.27. The van der Waals surface area contributed by atoms with E-state index in [1.165, 1.54) is 5.56 Å². The Morgan fingerprint density at radius 2 is 2.11 bits per heavy atom. The van der Waals surface area contributed by atoms with Crippen molar-refractivity contribution in [1.82, 2.24) is 20.2 Å². The van der Waals surface area contributed by atoms with Crippen molar-refractivity contribution >= 4 is 5.91 Å². The summed E-state index contributed by atoms with van der Waals surface area (Å²) in [6.07, 6.45) is 5.55. The minimum atomic E-state index is -1.32. The van der Waals surface area contributed by atoms with Crippen molar-refractivity contribution in [3.63, 3.8) is 0 Å². The van der Waals surface area contributed by atoms with Crippen LogP contribution in [-0.2, 0) is 17.8 Å². The SMILES string of the molecule is CC(C)c1ccc(CN2CCCC(O)(CNCCc3cnc[nH]3)C2=O)cc1. The second kappa shape index (κ2) is 8.67. The molecular formula is C21H30N4O2. The third kappa shape index (κ3) is 4.96. The van der Waals surface area contributed by atoms with E-state index in [0.29, 0.717) is 32.0 Å². The van der Waals surface area contributed by atoms with Gasteiger partial charge in [-0.25, -0.2) is 4.98 Å². The Bertz CT molecular complexity index is 727. The molecule has 1 atom stereocenters. The lowest BCUT2D eigenvalue weighted by molar-refractivity contribution is -0.157. The van der Waals surface area contributed by atoms with E-state index in [0.717, 1.165) is 24.1 Å². The summed E-state index contributed by atoms with van der Waals surface area (Å²) in [7, 11) is 0. The Hall–Kier alpha value is -2.18. The highest BCUT2D eigenvalue weighted by atomic mass is 16.3. The van der Waals surface area contributed by atoms with Crippen LogP contribution in [-0.4, -0.2) is 51.1 Å². The van der Waals surface area contributed by atoms with Gasteiger partial charge in [-0.2, -0.15) is 0 Å². The van der Waals surface area contributed by atoms with Crippen molar-refractivity contribution in [2.45, 2.75) is 51.2 Å². The van der Waals surface area contributed by atoms with E-state index in [2.05, 4.69) is 53.4 Å². The van der Waals surface area contributed by atoms with Gasteiger partial charge in [0.2, 0.25) is 0 Å². The second-order valence-corrected chi connectivity index (χ2v) is 7.76. The molecule has 0 saturated carbocycles. The number of carbonyl (C=O) groups is 1. The average molecular weight is 370 g/mol. The van der Waals surface area contributed by atoms with E-state index < -0.39 is 5.60 Å². The van der Waals surface area contributed by atoms with Crippen LogP contribution in [0.25, 0.3) is 0 Å². The molecule has 27 heavy (non-hydrogen) atoms. The highest BCUT2D eigenvalue weighted by Crippen LogP contribution is 2.24. The third-order valence-electron chi connectivity index (χ3n) is 5.27. The number of nitrogens with zero attached hydrogens (tertiary/aromatic N) is 2. The number of aromatic nitrogens is 2. The molecule has 1 unspecified atom stereocenters. The maximum Gasteiger partial charge on any atom is 0.256 e. The van der Waals surface area contributed by atoms with Gasteiger partial charge in [0.1, 0.15) is 0 Å². The molecule has 0 radical (unpaired) electrons. The molecule has 1 aromatic heterocycles. The first-order valence-corrected chi connectivity index (χ1v) is 9.76. The summed E-state index contributed by atoms with van der Waals surface area (Å²) in [5.41, 5.74) is 2.12. The number of hydrogen-bond donors (Lipinski definition) is 3. The van der Waals surface area contributed by atoms with E-state index in [1.54, 1.807) is 17.4 Å². The zero-order valence-electron chi connectivity index (χ0n) is 16.2. The fraction of sp³-hybridized carbons (Fsp3) is 0.524. The number of aromatic amines is 1. The van der Waals surface area contributed by atoms with Gasteiger partial charge in [0, 0.05) is 44.5 Å². The van der Waals surface area contributed by atoms with E-state index in [9.17, 15) is 9.90 Å². The molecule has 1 saturated heterocycles. The predicted octanol–water partition coefficient (Wildman–Crippen LogP) is 2.22. The number of hydrogen-bond acceptors (Lipinski definition) is 4. The summed E-state index contributed by atoms with van der Waals surface area (Å²) in [4.78, 5) is 21.7. The lowest BCUT2D eigenvalue weighted by atomic mass is 9.91. The number of nitrogens with one attached hydrogen (secondary N) is 2.